The minimum atomic E-state index is 0.405. The molecule has 1 atom stereocenters. The first-order valence-electron chi connectivity index (χ1n) is 4.56. The van der Waals surface area contributed by atoms with Gasteiger partial charge >= 0.3 is 0 Å². The Balaban J connectivity index is 1.82. The van der Waals surface area contributed by atoms with Gasteiger partial charge in [0.05, 0.1) is 6.10 Å². The van der Waals surface area contributed by atoms with Crippen LogP contribution < -0.4 is 0 Å². The van der Waals surface area contributed by atoms with Crippen LogP contribution in [0.5, 0.6) is 0 Å². The fourth-order valence-electron chi connectivity index (χ4n) is 1.32. The van der Waals surface area contributed by atoms with Crippen molar-refractivity contribution in [2.75, 3.05) is 12.4 Å². The fraction of sp³-hybridized carbons (Fsp3) is 0.556. The van der Waals surface area contributed by atoms with Crippen molar-refractivity contribution in [3.8, 4) is 0 Å². The Morgan fingerprint density at radius 3 is 2.93 bits per heavy atom. The van der Waals surface area contributed by atoms with Crippen LogP contribution in [0.25, 0.3) is 0 Å². The SMILES string of the molecule is Ic1cnc(SCC2CCCO2)nc1. The molecule has 5 heteroatoms. The molecule has 76 valence electrons. The average Bonchev–Trinajstić information content (AvgIpc) is 2.70. The van der Waals surface area contributed by atoms with E-state index in [2.05, 4.69) is 32.6 Å². The average molecular weight is 322 g/mol. The predicted octanol–water partition coefficient (Wildman–Crippen LogP) is 2.35. The third-order valence-corrected chi connectivity index (χ3v) is 3.58. The van der Waals surface area contributed by atoms with Gasteiger partial charge in [-0.05, 0) is 35.4 Å². The van der Waals surface area contributed by atoms with Gasteiger partial charge in [0.1, 0.15) is 0 Å². The molecule has 1 unspecified atom stereocenters. The number of thioether (sulfide) groups is 1. The van der Waals surface area contributed by atoms with Gasteiger partial charge in [0.25, 0.3) is 0 Å². The van der Waals surface area contributed by atoms with Crippen molar-refractivity contribution in [1.29, 1.82) is 0 Å². The summed E-state index contributed by atoms with van der Waals surface area (Å²) in [4.78, 5) is 8.46. The van der Waals surface area contributed by atoms with E-state index in [9.17, 15) is 0 Å². The van der Waals surface area contributed by atoms with Crippen molar-refractivity contribution in [3.05, 3.63) is 16.0 Å². The molecule has 2 rings (SSSR count). The summed E-state index contributed by atoms with van der Waals surface area (Å²) in [5, 5.41) is 0.848. The van der Waals surface area contributed by atoms with Gasteiger partial charge in [-0.25, -0.2) is 9.97 Å². The predicted molar refractivity (Wildman–Crippen MR) is 64.4 cm³/mol. The Bertz CT molecular complexity index is 287. The molecule has 2 heterocycles. The first-order valence-corrected chi connectivity index (χ1v) is 6.63. The van der Waals surface area contributed by atoms with E-state index < -0.39 is 0 Å². The molecule has 1 aromatic rings. The van der Waals surface area contributed by atoms with Crippen molar-refractivity contribution in [1.82, 2.24) is 9.97 Å². The molecule has 0 amide bonds. The molecule has 3 nitrogen and oxygen atoms in total. The molecule has 0 aliphatic carbocycles. The molecule has 1 aliphatic rings. The minimum Gasteiger partial charge on any atom is -0.377 e. The zero-order chi connectivity index (χ0) is 9.80. The number of ether oxygens (including phenoxy) is 1. The third-order valence-electron chi connectivity index (χ3n) is 2.02. The maximum absolute atomic E-state index is 5.52. The van der Waals surface area contributed by atoms with E-state index in [-0.39, 0.29) is 0 Å². The monoisotopic (exact) mass is 322 g/mol. The van der Waals surface area contributed by atoms with Crippen LogP contribution in [0.15, 0.2) is 17.6 Å². The molecule has 0 N–H and O–H groups in total. The number of halogens is 1. The Hall–Kier alpha value is 0.120. The van der Waals surface area contributed by atoms with Crippen molar-refractivity contribution >= 4 is 34.4 Å². The number of hydrogen-bond donors (Lipinski definition) is 0. The van der Waals surface area contributed by atoms with Crippen LogP contribution >= 0.6 is 34.4 Å². The molecule has 1 saturated heterocycles. The van der Waals surface area contributed by atoms with E-state index in [1.165, 1.54) is 12.8 Å². The standard InChI is InChI=1S/C9H11IN2OS/c10-7-4-11-9(12-5-7)14-6-8-2-1-3-13-8/h4-5,8H,1-3,6H2. The number of hydrogen-bond acceptors (Lipinski definition) is 4. The largest absolute Gasteiger partial charge is 0.377 e. The Kier molecular flexibility index (Phi) is 4.00. The molecular formula is C9H11IN2OS. The van der Waals surface area contributed by atoms with Gasteiger partial charge in [-0.1, -0.05) is 11.8 Å². The summed E-state index contributed by atoms with van der Waals surface area (Å²) in [7, 11) is 0. The van der Waals surface area contributed by atoms with Crippen LogP contribution in [0.3, 0.4) is 0 Å². The van der Waals surface area contributed by atoms with Crippen LogP contribution in [0, 0.1) is 3.57 Å². The number of aromatic nitrogens is 2. The summed E-state index contributed by atoms with van der Waals surface area (Å²) >= 11 is 3.88. The minimum absolute atomic E-state index is 0.405. The molecular weight excluding hydrogens is 311 g/mol. The summed E-state index contributed by atoms with van der Waals surface area (Å²) in [5.74, 6) is 0.973. The molecule has 14 heavy (non-hydrogen) atoms. The first kappa shape index (κ1) is 10.6. The topological polar surface area (TPSA) is 35.0 Å². The molecule has 0 spiro atoms. The van der Waals surface area contributed by atoms with E-state index in [0.717, 1.165) is 21.1 Å². The van der Waals surface area contributed by atoms with Gasteiger partial charge in [-0.15, -0.1) is 0 Å². The van der Waals surface area contributed by atoms with E-state index >= 15 is 0 Å². The quantitative estimate of drug-likeness (QED) is 0.486. The third kappa shape index (κ3) is 3.06. The maximum Gasteiger partial charge on any atom is 0.187 e. The zero-order valence-corrected chi connectivity index (χ0v) is 10.6. The normalized spacial score (nSPS) is 21.4. The van der Waals surface area contributed by atoms with Gasteiger partial charge in [-0.2, -0.15) is 0 Å². The molecule has 0 bridgehead atoms. The van der Waals surface area contributed by atoms with Crippen molar-refractivity contribution in [2.24, 2.45) is 0 Å². The molecule has 1 fully saturated rings. The Morgan fingerprint density at radius 1 is 1.50 bits per heavy atom. The van der Waals surface area contributed by atoms with Crippen molar-refractivity contribution < 1.29 is 4.74 Å². The summed E-state index contributed by atoms with van der Waals surface area (Å²) in [6, 6.07) is 0. The van der Waals surface area contributed by atoms with E-state index in [0.29, 0.717) is 6.10 Å². The summed E-state index contributed by atoms with van der Waals surface area (Å²) in [5.41, 5.74) is 0. The van der Waals surface area contributed by atoms with Gasteiger partial charge in [0.15, 0.2) is 5.16 Å². The van der Waals surface area contributed by atoms with Gasteiger partial charge < -0.3 is 4.74 Å². The number of nitrogens with zero attached hydrogens (tertiary/aromatic N) is 2. The lowest BCUT2D eigenvalue weighted by atomic mass is 10.3. The highest BCUT2D eigenvalue weighted by Gasteiger charge is 2.15. The summed E-state index contributed by atoms with van der Waals surface area (Å²) in [6.45, 7) is 0.915. The second-order valence-corrected chi connectivity index (χ2v) is 5.36. The second-order valence-electron chi connectivity index (χ2n) is 3.13. The van der Waals surface area contributed by atoms with Crippen molar-refractivity contribution in [3.63, 3.8) is 0 Å². The first-order chi connectivity index (χ1) is 6.84. The van der Waals surface area contributed by atoms with Crippen molar-refractivity contribution in [2.45, 2.75) is 24.1 Å². The second kappa shape index (κ2) is 5.27. The molecule has 1 aromatic heterocycles. The summed E-state index contributed by atoms with van der Waals surface area (Å²) in [6.07, 6.45) is 6.45. The molecule has 0 saturated carbocycles. The lowest BCUT2D eigenvalue weighted by Crippen LogP contribution is -2.08. The van der Waals surface area contributed by atoms with Crippen LogP contribution in [-0.2, 0) is 4.74 Å². The lowest BCUT2D eigenvalue weighted by Gasteiger charge is -2.06. The maximum atomic E-state index is 5.52. The van der Waals surface area contributed by atoms with Crippen LogP contribution in [0.1, 0.15) is 12.8 Å². The fourth-order valence-corrected chi connectivity index (χ4v) is 2.45. The van der Waals surface area contributed by atoms with Crippen LogP contribution in [0.2, 0.25) is 0 Å². The van der Waals surface area contributed by atoms with Crippen LogP contribution in [0.4, 0.5) is 0 Å². The van der Waals surface area contributed by atoms with Gasteiger partial charge in [-0.3, -0.25) is 0 Å². The Morgan fingerprint density at radius 2 is 2.29 bits per heavy atom. The van der Waals surface area contributed by atoms with Gasteiger partial charge in [0.2, 0.25) is 0 Å². The highest BCUT2D eigenvalue weighted by atomic mass is 127. The lowest BCUT2D eigenvalue weighted by molar-refractivity contribution is 0.129. The summed E-state index contributed by atoms with van der Waals surface area (Å²) < 4.78 is 6.59. The molecule has 0 radical (unpaired) electrons. The van der Waals surface area contributed by atoms with E-state index in [1.54, 1.807) is 11.8 Å². The van der Waals surface area contributed by atoms with Gasteiger partial charge in [0, 0.05) is 28.3 Å². The van der Waals surface area contributed by atoms with E-state index in [4.69, 9.17) is 4.74 Å². The Labute approximate surface area is 101 Å². The van der Waals surface area contributed by atoms with E-state index in [1.807, 2.05) is 12.4 Å². The molecule has 1 aliphatic heterocycles. The molecule has 0 aromatic carbocycles. The highest BCUT2D eigenvalue weighted by Crippen LogP contribution is 2.20. The highest BCUT2D eigenvalue weighted by molar-refractivity contribution is 14.1. The number of rotatable bonds is 3. The van der Waals surface area contributed by atoms with Crippen LogP contribution in [-0.4, -0.2) is 28.4 Å². The zero-order valence-electron chi connectivity index (χ0n) is 7.65. The smallest absolute Gasteiger partial charge is 0.187 e.